The predicted octanol–water partition coefficient (Wildman–Crippen LogP) is 4.46. The summed E-state index contributed by atoms with van der Waals surface area (Å²) in [6.07, 6.45) is 0.767. The zero-order valence-corrected chi connectivity index (χ0v) is 15.0. The maximum absolute atomic E-state index is 11.9. The number of aromatic nitrogens is 2. The van der Waals surface area contributed by atoms with Gasteiger partial charge in [-0.15, -0.1) is 11.3 Å². The van der Waals surface area contributed by atoms with Gasteiger partial charge in [-0.3, -0.25) is 19.3 Å². The molecule has 0 spiro atoms. The molecule has 0 amide bonds. The van der Waals surface area contributed by atoms with Crippen LogP contribution < -0.4 is 4.74 Å². The van der Waals surface area contributed by atoms with E-state index in [2.05, 4.69) is 4.98 Å². The zero-order valence-electron chi connectivity index (χ0n) is 14.2. The number of fused-ring (bicyclic) bond motifs is 1. The van der Waals surface area contributed by atoms with Gasteiger partial charge in [0.2, 0.25) is 0 Å². The smallest absolute Gasteiger partial charge is 0.269 e. The lowest BCUT2D eigenvalue weighted by Crippen LogP contribution is -1.96. The van der Waals surface area contributed by atoms with Gasteiger partial charge in [-0.1, -0.05) is 12.1 Å². The summed E-state index contributed by atoms with van der Waals surface area (Å²) in [6.45, 7) is 0. The van der Waals surface area contributed by atoms with Gasteiger partial charge in [-0.2, -0.15) is 0 Å². The minimum Gasteiger partial charge on any atom is -0.496 e. The molecule has 0 aliphatic rings. The molecule has 2 aromatic carbocycles. The van der Waals surface area contributed by atoms with Crippen LogP contribution in [0.2, 0.25) is 0 Å². The molecule has 134 valence electrons. The number of aldehydes is 1. The van der Waals surface area contributed by atoms with Crippen molar-refractivity contribution in [3.63, 3.8) is 0 Å². The van der Waals surface area contributed by atoms with E-state index in [4.69, 9.17) is 4.74 Å². The Bertz CT molecular complexity index is 1160. The van der Waals surface area contributed by atoms with Crippen LogP contribution in [-0.4, -0.2) is 27.7 Å². The number of benzene rings is 2. The van der Waals surface area contributed by atoms with Gasteiger partial charge in [-0.05, 0) is 29.8 Å². The Balaban J connectivity index is 1.91. The summed E-state index contributed by atoms with van der Waals surface area (Å²) in [4.78, 5) is 27.6. The number of carbonyl (C=O) groups is 1. The summed E-state index contributed by atoms with van der Waals surface area (Å²) < 4.78 is 7.16. The first kappa shape index (κ1) is 16.9. The van der Waals surface area contributed by atoms with Gasteiger partial charge >= 0.3 is 0 Å². The van der Waals surface area contributed by atoms with Crippen LogP contribution in [0.4, 0.5) is 5.69 Å². The van der Waals surface area contributed by atoms with Crippen LogP contribution in [-0.2, 0) is 0 Å². The maximum Gasteiger partial charge on any atom is 0.269 e. The lowest BCUT2D eigenvalue weighted by Gasteiger charge is -2.07. The number of nitro benzene ring substituents is 1. The Hall–Kier alpha value is -3.52. The maximum atomic E-state index is 11.9. The Kier molecular flexibility index (Phi) is 4.17. The highest BCUT2D eigenvalue weighted by molar-refractivity contribution is 7.15. The molecule has 0 aliphatic carbocycles. The number of non-ortho nitro benzene ring substituents is 1. The molecule has 0 radical (unpaired) electrons. The van der Waals surface area contributed by atoms with E-state index in [1.54, 1.807) is 23.6 Å². The van der Waals surface area contributed by atoms with Gasteiger partial charge in [0, 0.05) is 23.1 Å². The monoisotopic (exact) mass is 379 g/mol. The van der Waals surface area contributed by atoms with E-state index in [1.807, 2.05) is 29.6 Å². The summed E-state index contributed by atoms with van der Waals surface area (Å²) in [6, 6.07) is 13.6. The van der Waals surface area contributed by atoms with Crippen molar-refractivity contribution in [1.82, 2.24) is 9.38 Å². The largest absolute Gasteiger partial charge is 0.496 e. The van der Waals surface area contributed by atoms with Gasteiger partial charge in [0.05, 0.1) is 17.7 Å². The first-order valence-electron chi connectivity index (χ1n) is 7.97. The van der Waals surface area contributed by atoms with Crippen molar-refractivity contribution in [1.29, 1.82) is 0 Å². The molecule has 27 heavy (non-hydrogen) atoms. The molecule has 0 saturated carbocycles. The molecule has 0 unspecified atom stereocenters. The fourth-order valence-corrected chi connectivity index (χ4v) is 3.89. The highest BCUT2D eigenvalue weighted by Crippen LogP contribution is 2.36. The average molecular weight is 379 g/mol. The molecule has 0 N–H and O–H groups in total. The molecule has 2 aromatic heterocycles. The summed E-state index contributed by atoms with van der Waals surface area (Å²) in [5, 5.41) is 12.7. The van der Waals surface area contributed by atoms with E-state index >= 15 is 0 Å². The van der Waals surface area contributed by atoms with Crippen LogP contribution in [0, 0.1) is 10.1 Å². The Labute approximate surface area is 157 Å². The molecule has 8 heteroatoms. The minimum atomic E-state index is -0.444. The van der Waals surface area contributed by atoms with E-state index in [9.17, 15) is 14.9 Å². The van der Waals surface area contributed by atoms with E-state index in [-0.39, 0.29) is 5.69 Å². The van der Waals surface area contributed by atoms with Crippen LogP contribution in [0.5, 0.6) is 5.75 Å². The number of carbonyl (C=O) groups excluding carboxylic acids is 1. The van der Waals surface area contributed by atoms with Crippen molar-refractivity contribution >= 4 is 28.3 Å². The van der Waals surface area contributed by atoms with E-state index in [0.29, 0.717) is 22.1 Å². The lowest BCUT2D eigenvalue weighted by molar-refractivity contribution is -0.384. The van der Waals surface area contributed by atoms with Crippen LogP contribution in [0.15, 0.2) is 53.9 Å². The van der Waals surface area contributed by atoms with E-state index in [0.717, 1.165) is 23.1 Å². The first-order valence-corrected chi connectivity index (χ1v) is 8.85. The first-order chi connectivity index (χ1) is 13.1. The molecule has 4 aromatic rings. The van der Waals surface area contributed by atoms with Gasteiger partial charge in [-0.25, -0.2) is 4.98 Å². The molecule has 0 fully saturated rings. The second-order valence-corrected chi connectivity index (χ2v) is 6.54. The second kappa shape index (κ2) is 6.65. The van der Waals surface area contributed by atoms with E-state index in [1.165, 1.54) is 23.5 Å². The minimum absolute atomic E-state index is 0.0150. The molecule has 0 bridgehead atoms. The number of para-hydroxylation sites is 1. The van der Waals surface area contributed by atoms with Gasteiger partial charge < -0.3 is 4.74 Å². The number of methoxy groups -OCH3 is 1. The summed E-state index contributed by atoms with van der Waals surface area (Å²) >= 11 is 1.40. The summed E-state index contributed by atoms with van der Waals surface area (Å²) in [5.41, 5.74) is 3.20. The number of nitro groups is 1. The number of ether oxygens (including phenoxy) is 1. The standard InChI is InChI=1S/C19H13N3O4S/c1-26-17-5-3-2-4-14(17)18-15(10-23)21-16(11-27-19(21)20-18)12-6-8-13(9-7-12)22(24)25/h2-11H,1H3. The quantitative estimate of drug-likeness (QED) is 0.290. The van der Waals surface area contributed by atoms with Crippen LogP contribution in [0.1, 0.15) is 10.5 Å². The fraction of sp³-hybridized carbons (Fsp3) is 0.0526. The molecular weight excluding hydrogens is 366 g/mol. The van der Waals surface area contributed by atoms with Crippen molar-refractivity contribution in [3.8, 4) is 28.3 Å². The van der Waals surface area contributed by atoms with Crippen molar-refractivity contribution in [2.24, 2.45) is 0 Å². The normalized spacial score (nSPS) is 10.9. The molecule has 4 rings (SSSR count). The van der Waals surface area contributed by atoms with Crippen molar-refractivity contribution in [2.45, 2.75) is 0 Å². The third-order valence-electron chi connectivity index (χ3n) is 4.25. The zero-order chi connectivity index (χ0) is 19.0. The number of hydrogen-bond donors (Lipinski definition) is 0. The highest BCUT2D eigenvalue weighted by Gasteiger charge is 2.20. The predicted molar refractivity (Wildman–Crippen MR) is 103 cm³/mol. The molecule has 0 saturated heterocycles. The van der Waals surface area contributed by atoms with Crippen molar-refractivity contribution < 1.29 is 14.5 Å². The van der Waals surface area contributed by atoms with Gasteiger partial charge in [0.25, 0.3) is 5.69 Å². The summed E-state index contributed by atoms with van der Waals surface area (Å²) in [7, 11) is 1.57. The summed E-state index contributed by atoms with van der Waals surface area (Å²) in [5.74, 6) is 0.628. The molecule has 2 heterocycles. The number of rotatable bonds is 5. The van der Waals surface area contributed by atoms with Crippen LogP contribution in [0.25, 0.3) is 27.5 Å². The number of nitrogens with zero attached hydrogens (tertiary/aromatic N) is 3. The number of thiazole rings is 1. The van der Waals surface area contributed by atoms with Gasteiger partial charge in [0.1, 0.15) is 17.1 Å². The van der Waals surface area contributed by atoms with Crippen LogP contribution in [0.3, 0.4) is 0 Å². The van der Waals surface area contributed by atoms with Gasteiger partial charge in [0.15, 0.2) is 11.2 Å². The third-order valence-corrected chi connectivity index (χ3v) is 5.07. The fourth-order valence-electron chi connectivity index (χ4n) is 2.98. The Morgan fingerprint density at radius 1 is 1.19 bits per heavy atom. The highest BCUT2D eigenvalue weighted by atomic mass is 32.1. The molecular formula is C19H13N3O4S. The number of imidazole rings is 1. The SMILES string of the molecule is COc1ccccc1-c1nc2scc(-c3ccc([N+](=O)[O-])cc3)n2c1C=O. The molecule has 0 aliphatic heterocycles. The lowest BCUT2D eigenvalue weighted by atomic mass is 10.1. The second-order valence-electron chi connectivity index (χ2n) is 5.71. The Morgan fingerprint density at radius 3 is 2.59 bits per heavy atom. The van der Waals surface area contributed by atoms with Crippen LogP contribution >= 0.6 is 11.3 Å². The third kappa shape index (κ3) is 2.76. The topological polar surface area (TPSA) is 86.7 Å². The van der Waals surface area contributed by atoms with Crippen molar-refractivity contribution in [3.05, 3.63) is 69.7 Å². The Morgan fingerprint density at radius 2 is 1.93 bits per heavy atom. The van der Waals surface area contributed by atoms with Crippen molar-refractivity contribution in [2.75, 3.05) is 7.11 Å². The number of hydrogen-bond acceptors (Lipinski definition) is 6. The van der Waals surface area contributed by atoms with E-state index < -0.39 is 4.92 Å². The molecule has 0 atom stereocenters. The average Bonchev–Trinajstić information content (AvgIpc) is 3.26. The molecule has 7 nitrogen and oxygen atoms in total.